The van der Waals surface area contributed by atoms with Crippen LogP contribution in [0.25, 0.3) is 0 Å². The molecule has 3 N–H and O–H groups in total. The van der Waals surface area contributed by atoms with Crippen molar-refractivity contribution in [3.63, 3.8) is 0 Å². The van der Waals surface area contributed by atoms with Gasteiger partial charge in [-0.05, 0) is 57.1 Å². The van der Waals surface area contributed by atoms with E-state index in [-0.39, 0.29) is 35.8 Å². The zero-order valence-corrected chi connectivity index (χ0v) is 20.5. The topological polar surface area (TPSA) is 122 Å². The summed E-state index contributed by atoms with van der Waals surface area (Å²) < 4.78 is 33.1. The molecule has 1 saturated heterocycles. The minimum absolute atomic E-state index is 0.118. The van der Waals surface area contributed by atoms with Gasteiger partial charge in [0.25, 0.3) is 11.8 Å². The highest BCUT2D eigenvalue weighted by Gasteiger charge is 2.32. The molecule has 33 heavy (non-hydrogen) atoms. The van der Waals surface area contributed by atoms with Gasteiger partial charge in [-0.15, -0.1) is 11.3 Å². The van der Waals surface area contributed by atoms with Crippen molar-refractivity contribution in [1.29, 1.82) is 0 Å². The Kier molecular flexibility index (Phi) is 6.61. The normalized spacial score (nSPS) is 22.0. The number of rotatable bonds is 5. The number of amides is 2. The Morgan fingerprint density at radius 1 is 1.15 bits per heavy atom. The second kappa shape index (κ2) is 9.15. The lowest BCUT2D eigenvalue weighted by Gasteiger charge is -2.34. The van der Waals surface area contributed by atoms with Crippen LogP contribution in [0.15, 0.2) is 29.2 Å². The van der Waals surface area contributed by atoms with Crippen molar-refractivity contribution in [2.45, 2.75) is 43.9 Å². The largest absolute Gasteiger partial charge is 0.373 e. The van der Waals surface area contributed by atoms with Crippen molar-refractivity contribution in [1.82, 2.24) is 9.21 Å². The molecule has 0 radical (unpaired) electrons. The molecule has 2 amide bonds. The zero-order valence-electron chi connectivity index (χ0n) is 18.8. The van der Waals surface area contributed by atoms with E-state index in [0.717, 1.165) is 17.0 Å². The average molecular weight is 493 g/mol. The van der Waals surface area contributed by atoms with Gasteiger partial charge in [0.05, 0.1) is 22.7 Å². The summed E-state index contributed by atoms with van der Waals surface area (Å²) in [5.74, 6) is -0.996. The van der Waals surface area contributed by atoms with E-state index < -0.39 is 21.8 Å². The maximum Gasteiger partial charge on any atom is 0.256 e. The molecule has 0 saturated carbocycles. The number of ether oxygens (including phenoxy) is 1. The van der Waals surface area contributed by atoms with E-state index in [0.29, 0.717) is 23.5 Å². The van der Waals surface area contributed by atoms with Crippen LogP contribution in [-0.4, -0.2) is 68.3 Å². The summed E-state index contributed by atoms with van der Waals surface area (Å²) in [6.07, 6.45) is 0.316. The molecule has 0 bridgehead atoms. The number of morpholine rings is 1. The predicted octanol–water partition coefficient (Wildman–Crippen LogP) is 1.89. The van der Waals surface area contributed by atoms with Crippen LogP contribution in [0.3, 0.4) is 0 Å². The van der Waals surface area contributed by atoms with Crippen LogP contribution in [0.4, 0.5) is 5.00 Å². The zero-order chi connectivity index (χ0) is 23.9. The van der Waals surface area contributed by atoms with Crippen LogP contribution >= 0.6 is 11.3 Å². The Morgan fingerprint density at radius 2 is 1.79 bits per heavy atom. The number of sulfonamides is 1. The van der Waals surface area contributed by atoms with Crippen LogP contribution in [0.2, 0.25) is 0 Å². The number of thiophene rings is 1. The fraction of sp³-hybridized carbons (Fsp3) is 0.455. The maximum absolute atomic E-state index is 13.0. The second-order valence-corrected chi connectivity index (χ2v) is 11.7. The van der Waals surface area contributed by atoms with Gasteiger partial charge in [-0.25, -0.2) is 8.42 Å². The molecule has 1 aromatic heterocycles. The summed E-state index contributed by atoms with van der Waals surface area (Å²) in [7, 11) is -1.70. The van der Waals surface area contributed by atoms with Crippen LogP contribution in [0, 0.1) is 0 Å². The summed E-state index contributed by atoms with van der Waals surface area (Å²) in [6.45, 7) is 5.75. The van der Waals surface area contributed by atoms with E-state index >= 15 is 0 Å². The molecule has 3 heterocycles. The molecule has 1 aromatic carbocycles. The smallest absolute Gasteiger partial charge is 0.256 e. The fourth-order valence-electron chi connectivity index (χ4n) is 4.31. The van der Waals surface area contributed by atoms with E-state index in [1.807, 2.05) is 20.9 Å². The lowest BCUT2D eigenvalue weighted by atomic mass is 10.0. The molecule has 2 aliphatic heterocycles. The molecule has 0 unspecified atom stereocenters. The third-order valence-electron chi connectivity index (χ3n) is 5.86. The standard InChI is InChI=1S/C22H28N4O5S2/c1-13-10-26(11-14(2)31-13)33(29,30)16-6-4-15(5-7-16)21(28)24-22-19(20(23)27)17-8-9-25(3)12-18(17)32-22/h4-7,13-14H,8-12H2,1-3H3,(H2,23,27)(H,24,28)/t13-,14+. The number of nitrogens with zero attached hydrogens (tertiary/aromatic N) is 2. The maximum atomic E-state index is 13.0. The number of benzene rings is 1. The Bertz CT molecular complexity index is 1170. The average Bonchev–Trinajstić information content (AvgIpc) is 3.10. The fourth-order valence-corrected chi connectivity index (χ4v) is 7.23. The van der Waals surface area contributed by atoms with Crippen LogP contribution in [0.1, 0.15) is 45.0 Å². The summed E-state index contributed by atoms with van der Waals surface area (Å²) in [4.78, 5) is 28.2. The molecule has 11 heteroatoms. The molecule has 2 atom stereocenters. The van der Waals surface area contributed by atoms with Crippen LogP contribution in [0.5, 0.6) is 0 Å². The quantitative estimate of drug-likeness (QED) is 0.657. The van der Waals surface area contributed by atoms with Gasteiger partial charge in [-0.3, -0.25) is 9.59 Å². The monoisotopic (exact) mass is 492 g/mol. The van der Waals surface area contributed by atoms with Gasteiger partial charge in [-0.1, -0.05) is 0 Å². The molecule has 0 spiro atoms. The highest BCUT2D eigenvalue weighted by molar-refractivity contribution is 7.89. The summed E-state index contributed by atoms with van der Waals surface area (Å²) in [6, 6.07) is 5.80. The minimum atomic E-state index is -3.70. The van der Waals surface area contributed by atoms with E-state index in [2.05, 4.69) is 10.2 Å². The number of nitrogens with two attached hydrogens (primary N) is 1. The number of fused-ring (bicyclic) bond motifs is 1. The van der Waals surface area contributed by atoms with E-state index in [4.69, 9.17) is 10.5 Å². The SMILES string of the molecule is C[C@@H]1CN(S(=O)(=O)c2ccc(C(=O)Nc3sc4c(c3C(N)=O)CCN(C)C4)cc2)C[C@H](C)O1. The van der Waals surface area contributed by atoms with Crippen molar-refractivity contribution >= 4 is 38.2 Å². The van der Waals surface area contributed by atoms with Crippen molar-refractivity contribution in [3.8, 4) is 0 Å². The number of hydrogen-bond donors (Lipinski definition) is 2. The van der Waals surface area contributed by atoms with Crippen LogP contribution in [-0.2, 0) is 27.7 Å². The summed E-state index contributed by atoms with van der Waals surface area (Å²) in [5, 5.41) is 3.23. The van der Waals surface area contributed by atoms with Gasteiger partial charge in [0, 0.05) is 36.6 Å². The summed E-state index contributed by atoms with van der Waals surface area (Å²) >= 11 is 1.35. The molecular weight excluding hydrogens is 464 g/mol. The molecule has 1 fully saturated rings. The number of anilines is 1. The van der Waals surface area contributed by atoms with Gasteiger partial charge in [0.15, 0.2) is 0 Å². The number of likely N-dealkylation sites (N-methyl/N-ethyl adjacent to an activating group) is 1. The van der Waals surface area contributed by atoms with E-state index in [9.17, 15) is 18.0 Å². The van der Waals surface area contributed by atoms with E-state index in [1.165, 1.54) is 39.9 Å². The first-order valence-corrected chi connectivity index (χ1v) is 13.0. The van der Waals surface area contributed by atoms with Crippen LogP contribution < -0.4 is 11.1 Å². The third-order valence-corrected chi connectivity index (χ3v) is 8.84. The van der Waals surface area contributed by atoms with Gasteiger partial charge in [0.1, 0.15) is 5.00 Å². The molecular formula is C22H28N4O5S2. The highest BCUT2D eigenvalue weighted by atomic mass is 32.2. The molecule has 2 aromatic rings. The van der Waals surface area contributed by atoms with Crippen molar-refractivity contribution < 1.29 is 22.7 Å². The van der Waals surface area contributed by atoms with Crippen molar-refractivity contribution in [3.05, 3.63) is 45.8 Å². The number of carbonyl (C=O) groups excluding carboxylic acids is 2. The Hall–Kier alpha value is -2.31. The first kappa shape index (κ1) is 23.8. The van der Waals surface area contributed by atoms with Crippen molar-refractivity contribution in [2.24, 2.45) is 5.73 Å². The third kappa shape index (κ3) is 4.82. The molecule has 2 aliphatic rings. The lowest BCUT2D eigenvalue weighted by Crippen LogP contribution is -2.48. The first-order chi connectivity index (χ1) is 15.6. The lowest BCUT2D eigenvalue weighted by molar-refractivity contribution is -0.0440. The minimum Gasteiger partial charge on any atom is -0.373 e. The van der Waals surface area contributed by atoms with Gasteiger partial charge >= 0.3 is 0 Å². The number of carbonyl (C=O) groups is 2. The van der Waals surface area contributed by atoms with Gasteiger partial charge < -0.3 is 20.7 Å². The Labute approximate surface area is 197 Å². The Balaban J connectivity index is 1.53. The molecule has 0 aliphatic carbocycles. The number of primary amides is 1. The van der Waals surface area contributed by atoms with Crippen molar-refractivity contribution in [2.75, 3.05) is 32.0 Å². The first-order valence-electron chi connectivity index (χ1n) is 10.8. The van der Waals surface area contributed by atoms with Gasteiger partial charge in [-0.2, -0.15) is 4.31 Å². The predicted molar refractivity (Wildman–Crippen MR) is 126 cm³/mol. The molecule has 9 nitrogen and oxygen atoms in total. The summed E-state index contributed by atoms with van der Waals surface area (Å²) in [5.41, 5.74) is 7.17. The molecule has 4 rings (SSSR count). The highest BCUT2D eigenvalue weighted by Crippen LogP contribution is 2.37. The van der Waals surface area contributed by atoms with Gasteiger partial charge in [0.2, 0.25) is 10.0 Å². The van der Waals surface area contributed by atoms with E-state index in [1.54, 1.807) is 0 Å². The number of nitrogens with one attached hydrogen (secondary N) is 1. The Morgan fingerprint density at radius 3 is 2.39 bits per heavy atom. The number of hydrogen-bond acceptors (Lipinski definition) is 7. The second-order valence-electron chi connectivity index (χ2n) is 8.62. The molecule has 178 valence electrons.